The summed E-state index contributed by atoms with van der Waals surface area (Å²) in [5, 5.41) is 9.66. The van der Waals surface area contributed by atoms with Crippen LogP contribution in [0, 0.1) is 12.3 Å². The van der Waals surface area contributed by atoms with E-state index in [4.69, 9.17) is 5.73 Å². The third-order valence-electron chi connectivity index (χ3n) is 4.39. The summed E-state index contributed by atoms with van der Waals surface area (Å²) >= 11 is 0. The van der Waals surface area contributed by atoms with Crippen molar-refractivity contribution in [3.8, 4) is 0 Å². The van der Waals surface area contributed by atoms with Crippen LogP contribution in [0.15, 0.2) is 24.3 Å². The summed E-state index contributed by atoms with van der Waals surface area (Å²) in [7, 11) is 0. The van der Waals surface area contributed by atoms with Crippen LogP contribution < -0.4 is 5.73 Å². The molecule has 0 amide bonds. The van der Waals surface area contributed by atoms with E-state index in [0.29, 0.717) is 6.54 Å². The van der Waals surface area contributed by atoms with Crippen LogP contribution >= 0.6 is 0 Å². The first kappa shape index (κ1) is 13.1. The first-order valence-electron chi connectivity index (χ1n) is 6.61. The first-order chi connectivity index (χ1) is 8.62. The van der Waals surface area contributed by atoms with E-state index in [2.05, 4.69) is 0 Å². The topological polar surface area (TPSA) is 63.3 Å². The minimum atomic E-state index is -0.682. The van der Waals surface area contributed by atoms with E-state index >= 15 is 0 Å². The number of benzene rings is 1. The van der Waals surface area contributed by atoms with Crippen molar-refractivity contribution in [2.75, 3.05) is 6.54 Å². The SMILES string of the molecule is Cc1ccccc1[C@@H](CN)C1(C(=O)O)CCCC1. The van der Waals surface area contributed by atoms with Gasteiger partial charge >= 0.3 is 5.97 Å². The van der Waals surface area contributed by atoms with Crippen molar-refractivity contribution < 1.29 is 9.90 Å². The third-order valence-corrected chi connectivity index (χ3v) is 4.39. The average molecular weight is 247 g/mol. The van der Waals surface area contributed by atoms with Crippen LogP contribution in [0.3, 0.4) is 0 Å². The highest BCUT2D eigenvalue weighted by Crippen LogP contribution is 2.49. The second-order valence-electron chi connectivity index (χ2n) is 5.31. The predicted molar refractivity (Wildman–Crippen MR) is 71.5 cm³/mol. The van der Waals surface area contributed by atoms with E-state index in [1.54, 1.807) is 0 Å². The first-order valence-corrected chi connectivity index (χ1v) is 6.61. The molecular weight excluding hydrogens is 226 g/mol. The van der Waals surface area contributed by atoms with E-state index in [0.717, 1.165) is 36.8 Å². The Kier molecular flexibility index (Phi) is 3.71. The van der Waals surface area contributed by atoms with Crippen molar-refractivity contribution in [3.05, 3.63) is 35.4 Å². The molecule has 0 saturated heterocycles. The third kappa shape index (κ3) is 2.03. The standard InChI is InChI=1S/C15H21NO2/c1-11-6-2-3-7-12(11)13(10-16)15(14(17)18)8-4-5-9-15/h2-3,6-7,13H,4-5,8-10,16H2,1H3,(H,17,18)/t13-/m1/s1. The van der Waals surface area contributed by atoms with Gasteiger partial charge in [-0.05, 0) is 30.9 Å². The van der Waals surface area contributed by atoms with Gasteiger partial charge in [0.2, 0.25) is 0 Å². The Morgan fingerprint density at radius 1 is 1.39 bits per heavy atom. The lowest BCUT2D eigenvalue weighted by molar-refractivity contribution is -0.150. The van der Waals surface area contributed by atoms with Crippen LogP contribution in [0.25, 0.3) is 0 Å². The highest BCUT2D eigenvalue weighted by atomic mass is 16.4. The molecule has 0 unspecified atom stereocenters. The van der Waals surface area contributed by atoms with Gasteiger partial charge in [-0.3, -0.25) is 4.79 Å². The minimum absolute atomic E-state index is 0.0706. The Bertz CT molecular complexity index is 436. The molecule has 1 atom stereocenters. The summed E-state index contributed by atoms with van der Waals surface area (Å²) in [6, 6.07) is 8.00. The van der Waals surface area contributed by atoms with Crippen molar-refractivity contribution in [2.45, 2.75) is 38.5 Å². The van der Waals surface area contributed by atoms with Gasteiger partial charge in [-0.25, -0.2) is 0 Å². The van der Waals surface area contributed by atoms with Gasteiger partial charge in [0.05, 0.1) is 5.41 Å². The number of rotatable bonds is 4. The normalized spacial score (nSPS) is 19.7. The molecule has 0 aliphatic heterocycles. The molecule has 1 saturated carbocycles. The van der Waals surface area contributed by atoms with E-state index < -0.39 is 11.4 Å². The molecule has 1 fully saturated rings. The molecule has 0 spiro atoms. The number of carboxylic acid groups (broad SMARTS) is 1. The van der Waals surface area contributed by atoms with Crippen molar-refractivity contribution >= 4 is 5.97 Å². The number of aliphatic carboxylic acids is 1. The van der Waals surface area contributed by atoms with Gasteiger partial charge < -0.3 is 10.8 Å². The van der Waals surface area contributed by atoms with Crippen LogP contribution in [0.1, 0.15) is 42.7 Å². The molecule has 0 radical (unpaired) electrons. The van der Waals surface area contributed by atoms with Crippen molar-refractivity contribution in [2.24, 2.45) is 11.1 Å². The second kappa shape index (κ2) is 5.11. The maximum absolute atomic E-state index is 11.8. The Balaban J connectivity index is 2.44. The fourth-order valence-corrected chi connectivity index (χ4v) is 3.35. The molecule has 1 aromatic rings. The van der Waals surface area contributed by atoms with Crippen LogP contribution in [0.4, 0.5) is 0 Å². The lowest BCUT2D eigenvalue weighted by Crippen LogP contribution is -2.38. The molecule has 0 aromatic heterocycles. The summed E-state index contributed by atoms with van der Waals surface area (Å²) in [5.41, 5.74) is 7.50. The zero-order valence-electron chi connectivity index (χ0n) is 10.9. The smallest absolute Gasteiger partial charge is 0.310 e. The van der Waals surface area contributed by atoms with E-state index in [1.165, 1.54) is 0 Å². The Labute approximate surface area is 108 Å². The highest BCUT2D eigenvalue weighted by Gasteiger charge is 2.48. The molecular formula is C15H21NO2. The molecule has 0 heterocycles. The zero-order valence-corrected chi connectivity index (χ0v) is 10.9. The number of nitrogens with two attached hydrogens (primary N) is 1. The molecule has 1 aliphatic carbocycles. The van der Waals surface area contributed by atoms with Gasteiger partial charge in [0.1, 0.15) is 0 Å². The highest BCUT2D eigenvalue weighted by molar-refractivity contribution is 5.76. The number of carboxylic acids is 1. The van der Waals surface area contributed by atoms with Crippen molar-refractivity contribution in [1.82, 2.24) is 0 Å². The molecule has 0 bridgehead atoms. The molecule has 1 aliphatic rings. The maximum Gasteiger partial charge on any atom is 0.310 e. The number of hydrogen-bond donors (Lipinski definition) is 2. The Morgan fingerprint density at radius 3 is 2.50 bits per heavy atom. The lowest BCUT2D eigenvalue weighted by Gasteiger charge is -2.34. The molecule has 1 aromatic carbocycles. The Hall–Kier alpha value is -1.35. The minimum Gasteiger partial charge on any atom is -0.481 e. The largest absolute Gasteiger partial charge is 0.481 e. The maximum atomic E-state index is 11.8. The molecule has 2 rings (SSSR count). The van der Waals surface area contributed by atoms with Gasteiger partial charge in [0.25, 0.3) is 0 Å². The van der Waals surface area contributed by atoms with Gasteiger partial charge in [-0.1, -0.05) is 37.1 Å². The number of aryl methyl sites for hydroxylation is 1. The van der Waals surface area contributed by atoms with Gasteiger partial charge in [0.15, 0.2) is 0 Å². The second-order valence-corrected chi connectivity index (χ2v) is 5.31. The monoisotopic (exact) mass is 247 g/mol. The van der Waals surface area contributed by atoms with Crippen LogP contribution in [-0.2, 0) is 4.79 Å². The Morgan fingerprint density at radius 2 is 2.00 bits per heavy atom. The van der Waals surface area contributed by atoms with Crippen LogP contribution in [-0.4, -0.2) is 17.6 Å². The fraction of sp³-hybridized carbons (Fsp3) is 0.533. The molecule has 3 heteroatoms. The summed E-state index contributed by atoms with van der Waals surface area (Å²) in [6.45, 7) is 2.43. The molecule has 3 nitrogen and oxygen atoms in total. The molecule has 18 heavy (non-hydrogen) atoms. The zero-order chi connectivity index (χ0) is 13.2. The van der Waals surface area contributed by atoms with Crippen LogP contribution in [0.5, 0.6) is 0 Å². The van der Waals surface area contributed by atoms with E-state index in [1.807, 2.05) is 31.2 Å². The van der Waals surface area contributed by atoms with Crippen molar-refractivity contribution in [3.63, 3.8) is 0 Å². The summed E-state index contributed by atoms with van der Waals surface area (Å²) in [4.78, 5) is 11.8. The quantitative estimate of drug-likeness (QED) is 0.859. The summed E-state index contributed by atoms with van der Waals surface area (Å²) < 4.78 is 0. The molecule has 98 valence electrons. The summed E-state index contributed by atoms with van der Waals surface area (Å²) in [6.07, 6.45) is 3.49. The van der Waals surface area contributed by atoms with E-state index in [-0.39, 0.29) is 5.92 Å². The van der Waals surface area contributed by atoms with Crippen LogP contribution in [0.2, 0.25) is 0 Å². The summed E-state index contributed by atoms with van der Waals surface area (Å²) in [5.74, 6) is -0.752. The van der Waals surface area contributed by atoms with Gasteiger partial charge in [0, 0.05) is 12.5 Å². The predicted octanol–water partition coefficient (Wildman–Crippen LogP) is 2.68. The average Bonchev–Trinajstić information content (AvgIpc) is 2.83. The van der Waals surface area contributed by atoms with Crippen molar-refractivity contribution in [1.29, 1.82) is 0 Å². The number of hydrogen-bond acceptors (Lipinski definition) is 2. The lowest BCUT2D eigenvalue weighted by atomic mass is 9.70. The number of carbonyl (C=O) groups is 1. The van der Waals surface area contributed by atoms with Gasteiger partial charge in [-0.2, -0.15) is 0 Å². The van der Waals surface area contributed by atoms with E-state index in [9.17, 15) is 9.90 Å². The fourth-order valence-electron chi connectivity index (χ4n) is 3.35. The van der Waals surface area contributed by atoms with Gasteiger partial charge in [-0.15, -0.1) is 0 Å². The molecule has 3 N–H and O–H groups in total.